The molecule has 4 N–H and O–H groups in total. The summed E-state index contributed by atoms with van der Waals surface area (Å²) in [5, 5.41) is 5.46. The van der Waals surface area contributed by atoms with Crippen LogP contribution >= 0.6 is 0 Å². The predicted molar refractivity (Wildman–Crippen MR) is 110 cm³/mol. The SMILES string of the molecule is CC(C)Oc1ccc(Nc2ccc(CNC(=O)C3(C(N)=O)CC3)cc2)c(C(F)(F)F)c1. The first-order chi connectivity index (χ1) is 14.5. The minimum Gasteiger partial charge on any atom is -0.491 e. The zero-order valence-corrected chi connectivity index (χ0v) is 17.2. The maximum absolute atomic E-state index is 13.5. The number of ether oxygens (including phenoxy) is 1. The van der Waals surface area contributed by atoms with E-state index in [4.69, 9.17) is 10.5 Å². The highest BCUT2D eigenvalue weighted by atomic mass is 19.4. The number of carbonyl (C=O) groups is 2. The van der Waals surface area contributed by atoms with Crippen LogP contribution in [0, 0.1) is 5.41 Å². The van der Waals surface area contributed by atoms with Crippen molar-refractivity contribution in [3.05, 3.63) is 53.6 Å². The Labute approximate surface area is 178 Å². The number of amides is 2. The van der Waals surface area contributed by atoms with E-state index in [9.17, 15) is 22.8 Å². The first-order valence-electron chi connectivity index (χ1n) is 9.83. The second-order valence-corrected chi connectivity index (χ2v) is 7.82. The molecule has 31 heavy (non-hydrogen) atoms. The average Bonchev–Trinajstić information content (AvgIpc) is 3.49. The number of halogens is 3. The molecule has 0 radical (unpaired) electrons. The molecule has 2 amide bonds. The lowest BCUT2D eigenvalue weighted by Crippen LogP contribution is -2.40. The first-order valence-corrected chi connectivity index (χ1v) is 9.83. The van der Waals surface area contributed by atoms with Crippen LogP contribution in [0.3, 0.4) is 0 Å². The van der Waals surface area contributed by atoms with E-state index in [1.807, 2.05) is 0 Å². The lowest BCUT2D eigenvalue weighted by Gasteiger charge is -2.18. The molecule has 1 fully saturated rings. The van der Waals surface area contributed by atoms with Gasteiger partial charge in [-0.05, 0) is 62.6 Å². The van der Waals surface area contributed by atoms with Crippen LogP contribution in [0.25, 0.3) is 0 Å². The summed E-state index contributed by atoms with van der Waals surface area (Å²) in [5.41, 5.74) is 4.44. The monoisotopic (exact) mass is 435 g/mol. The molecule has 6 nitrogen and oxygen atoms in total. The van der Waals surface area contributed by atoms with Crippen molar-refractivity contribution in [1.82, 2.24) is 5.32 Å². The molecule has 0 atom stereocenters. The number of nitrogens with one attached hydrogen (secondary N) is 2. The Kier molecular flexibility index (Phi) is 6.15. The molecule has 0 heterocycles. The zero-order valence-electron chi connectivity index (χ0n) is 17.2. The van der Waals surface area contributed by atoms with Crippen molar-refractivity contribution in [3.8, 4) is 5.75 Å². The fraction of sp³-hybridized carbons (Fsp3) is 0.364. The second-order valence-electron chi connectivity index (χ2n) is 7.82. The Hall–Kier alpha value is -3.23. The Morgan fingerprint density at radius 3 is 2.29 bits per heavy atom. The summed E-state index contributed by atoms with van der Waals surface area (Å²) in [6.07, 6.45) is -3.91. The number of anilines is 2. The van der Waals surface area contributed by atoms with E-state index in [-0.39, 0.29) is 24.1 Å². The molecule has 1 aliphatic carbocycles. The number of nitrogens with two attached hydrogens (primary N) is 1. The number of primary amides is 1. The quantitative estimate of drug-likeness (QED) is 0.544. The van der Waals surface area contributed by atoms with Crippen molar-refractivity contribution < 1.29 is 27.5 Å². The minimum absolute atomic E-state index is 0.0956. The summed E-state index contributed by atoms with van der Waals surface area (Å²) in [5.74, 6) is -0.890. The maximum Gasteiger partial charge on any atom is 0.418 e. The first kappa shape index (κ1) is 22.5. The van der Waals surface area contributed by atoms with Gasteiger partial charge < -0.3 is 21.1 Å². The second kappa shape index (κ2) is 8.49. The van der Waals surface area contributed by atoms with Gasteiger partial charge in [0.15, 0.2) is 0 Å². The van der Waals surface area contributed by atoms with Gasteiger partial charge in [0.2, 0.25) is 11.8 Å². The van der Waals surface area contributed by atoms with Gasteiger partial charge in [0.1, 0.15) is 11.2 Å². The summed E-state index contributed by atoms with van der Waals surface area (Å²) < 4.78 is 45.9. The molecular weight excluding hydrogens is 411 g/mol. The molecule has 0 unspecified atom stereocenters. The third-order valence-electron chi connectivity index (χ3n) is 5.01. The van der Waals surface area contributed by atoms with E-state index in [1.165, 1.54) is 12.1 Å². The molecule has 2 aromatic rings. The van der Waals surface area contributed by atoms with Gasteiger partial charge >= 0.3 is 6.18 Å². The summed E-state index contributed by atoms with van der Waals surface area (Å²) in [4.78, 5) is 23.5. The van der Waals surface area contributed by atoms with Crippen LogP contribution in [-0.4, -0.2) is 17.9 Å². The molecule has 1 aliphatic rings. The molecule has 1 saturated carbocycles. The topological polar surface area (TPSA) is 93.4 Å². The highest BCUT2D eigenvalue weighted by molar-refractivity contribution is 6.07. The van der Waals surface area contributed by atoms with Gasteiger partial charge in [0.25, 0.3) is 0 Å². The number of benzene rings is 2. The summed E-state index contributed by atoms with van der Waals surface area (Å²) in [7, 11) is 0. The van der Waals surface area contributed by atoms with Crippen molar-refractivity contribution in [2.45, 2.75) is 45.5 Å². The van der Waals surface area contributed by atoms with Crippen molar-refractivity contribution >= 4 is 23.2 Å². The molecule has 9 heteroatoms. The van der Waals surface area contributed by atoms with Crippen molar-refractivity contribution in [2.75, 3.05) is 5.32 Å². The van der Waals surface area contributed by atoms with E-state index in [1.54, 1.807) is 38.1 Å². The Morgan fingerprint density at radius 2 is 1.77 bits per heavy atom. The number of rotatable bonds is 8. The van der Waals surface area contributed by atoms with Crippen LogP contribution in [0.4, 0.5) is 24.5 Å². The van der Waals surface area contributed by atoms with Gasteiger partial charge in [0.05, 0.1) is 17.4 Å². The Balaban J connectivity index is 1.68. The molecule has 3 rings (SSSR count). The standard InChI is InChI=1S/C22H24F3N3O3/c1-13(2)31-16-7-8-18(17(11-16)22(23,24)25)28-15-5-3-14(4-6-15)12-27-20(30)21(9-10-21)19(26)29/h3-8,11,13,28H,9-10,12H2,1-2H3,(H2,26,29)(H,27,30). The smallest absolute Gasteiger partial charge is 0.418 e. The third-order valence-corrected chi connectivity index (χ3v) is 5.01. The van der Waals surface area contributed by atoms with Crippen molar-refractivity contribution in [3.63, 3.8) is 0 Å². The lowest BCUT2D eigenvalue weighted by atomic mass is 10.1. The van der Waals surface area contributed by atoms with E-state index < -0.39 is 29.0 Å². The third kappa shape index (κ3) is 5.28. The minimum atomic E-state index is -4.55. The fourth-order valence-corrected chi connectivity index (χ4v) is 3.14. The Morgan fingerprint density at radius 1 is 1.13 bits per heavy atom. The van der Waals surface area contributed by atoms with Crippen LogP contribution in [0.5, 0.6) is 5.75 Å². The number of hydrogen-bond donors (Lipinski definition) is 3. The van der Waals surface area contributed by atoms with Gasteiger partial charge in [-0.15, -0.1) is 0 Å². The molecule has 0 spiro atoms. The number of hydrogen-bond acceptors (Lipinski definition) is 4. The highest BCUT2D eigenvalue weighted by Gasteiger charge is 2.55. The summed E-state index contributed by atoms with van der Waals surface area (Å²) in [6, 6.07) is 10.4. The number of carbonyl (C=O) groups excluding carboxylic acids is 2. The van der Waals surface area contributed by atoms with Gasteiger partial charge in [-0.2, -0.15) is 13.2 Å². The normalized spacial score (nSPS) is 14.8. The van der Waals surface area contributed by atoms with Crippen molar-refractivity contribution in [2.24, 2.45) is 11.1 Å². The lowest BCUT2D eigenvalue weighted by molar-refractivity contribution is -0.137. The molecule has 0 bridgehead atoms. The molecule has 166 valence electrons. The summed E-state index contributed by atoms with van der Waals surface area (Å²) in [6.45, 7) is 3.66. The van der Waals surface area contributed by atoms with Crippen molar-refractivity contribution in [1.29, 1.82) is 0 Å². The highest BCUT2D eigenvalue weighted by Crippen LogP contribution is 2.45. The predicted octanol–water partition coefficient (Wildman–Crippen LogP) is 4.12. The van der Waals surface area contributed by atoms with Crippen LogP contribution in [-0.2, 0) is 22.3 Å². The fourth-order valence-electron chi connectivity index (χ4n) is 3.14. The van der Waals surface area contributed by atoms with Gasteiger partial charge in [-0.3, -0.25) is 9.59 Å². The molecule has 0 aromatic heterocycles. The van der Waals surface area contributed by atoms with E-state index in [0.29, 0.717) is 18.5 Å². The molecule has 0 saturated heterocycles. The molecule has 0 aliphatic heterocycles. The van der Waals surface area contributed by atoms with Crippen LogP contribution in [0.2, 0.25) is 0 Å². The largest absolute Gasteiger partial charge is 0.491 e. The van der Waals surface area contributed by atoms with Gasteiger partial charge in [0, 0.05) is 12.2 Å². The maximum atomic E-state index is 13.5. The van der Waals surface area contributed by atoms with E-state index in [2.05, 4.69) is 10.6 Å². The van der Waals surface area contributed by atoms with Gasteiger partial charge in [-0.1, -0.05) is 12.1 Å². The van der Waals surface area contributed by atoms with E-state index >= 15 is 0 Å². The average molecular weight is 435 g/mol. The van der Waals surface area contributed by atoms with Crippen LogP contribution in [0.15, 0.2) is 42.5 Å². The molecule has 2 aromatic carbocycles. The zero-order chi connectivity index (χ0) is 22.8. The van der Waals surface area contributed by atoms with Crippen LogP contribution < -0.4 is 21.1 Å². The molecular formula is C22H24F3N3O3. The Bertz CT molecular complexity index is 968. The van der Waals surface area contributed by atoms with E-state index in [0.717, 1.165) is 11.6 Å². The number of alkyl halides is 3. The summed E-state index contributed by atoms with van der Waals surface area (Å²) >= 11 is 0. The van der Waals surface area contributed by atoms with Crippen LogP contribution in [0.1, 0.15) is 37.8 Å². The van der Waals surface area contributed by atoms with Gasteiger partial charge in [-0.25, -0.2) is 0 Å².